The van der Waals surface area contributed by atoms with E-state index < -0.39 is 23.2 Å². The van der Waals surface area contributed by atoms with Gasteiger partial charge in [0.25, 0.3) is 5.56 Å². The minimum absolute atomic E-state index is 0.0495. The Hall–Kier alpha value is -3.68. The fraction of sp³-hybridized carbons (Fsp3) is 0.227. The van der Waals surface area contributed by atoms with Crippen molar-refractivity contribution in [3.63, 3.8) is 0 Å². The number of rotatable bonds is 4. The van der Waals surface area contributed by atoms with Crippen molar-refractivity contribution in [2.24, 2.45) is 14.1 Å². The Labute approximate surface area is 171 Å². The van der Waals surface area contributed by atoms with Crippen molar-refractivity contribution in [1.29, 1.82) is 5.41 Å². The van der Waals surface area contributed by atoms with Crippen LogP contribution >= 0.6 is 0 Å². The molecule has 154 valence electrons. The molecule has 1 aromatic heterocycles. The summed E-state index contributed by atoms with van der Waals surface area (Å²) in [7, 11) is 2.76. The van der Waals surface area contributed by atoms with Gasteiger partial charge in [-0.15, -0.1) is 0 Å². The maximum atomic E-state index is 13.2. The van der Waals surface area contributed by atoms with E-state index in [-0.39, 0.29) is 17.2 Å². The lowest BCUT2D eigenvalue weighted by Crippen LogP contribution is -2.42. The molecule has 8 heteroatoms. The highest BCUT2D eigenvalue weighted by atomic mass is 19.1. The van der Waals surface area contributed by atoms with Crippen molar-refractivity contribution >= 4 is 5.84 Å². The summed E-state index contributed by atoms with van der Waals surface area (Å²) in [6.45, 7) is 0.370. The van der Waals surface area contributed by atoms with Crippen LogP contribution in [0, 0.1) is 11.2 Å². The number of nitrogens with one attached hydrogen (secondary N) is 1. The number of halogens is 1. The van der Waals surface area contributed by atoms with Gasteiger partial charge in [-0.2, -0.15) is 0 Å². The normalized spacial score (nSPS) is 15.5. The van der Waals surface area contributed by atoms with Gasteiger partial charge < -0.3 is 10.0 Å². The number of aromatic nitrogens is 2. The smallest absolute Gasteiger partial charge is 0.333 e. The van der Waals surface area contributed by atoms with Gasteiger partial charge >= 0.3 is 5.69 Å². The third-order valence-corrected chi connectivity index (χ3v) is 5.60. The minimum Gasteiger partial charge on any atom is -0.494 e. The maximum absolute atomic E-state index is 13.2. The summed E-state index contributed by atoms with van der Waals surface area (Å²) in [6.07, 6.45) is 0.514. The maximum Gasteiger partial charge on any atom is 0.333 e. The van der Waals surface area contributed by atoms with Crippen LogP contribution in [0.2, 0.25) is 0 Å². The van der Waals surface area contributed by atoms with Crippen LogP contribution in [0.1, 0.15) is 28.3 Å². The molecule has 0 fully saturated rings. The Kier molecular flexibility index (Phi) is 4.77. The third-order valence-electron chi connectivity index (χ3n) is 5.60. The monoisotopic (exact) mass is 408 g/mol. The lowest BCUT2D eigenvalue weighted by atomic mass is 9.99. The van der Waals surface area contributed by atoms with Gasteiger partial charge in [0, 0.05) is 26.2 Å². The van der Waals surface area contributed by atoms with Crippen molar-refractivity contribution in [2.75, 3.05) is 6.54 Å². The molecule has 4 rings (SSSR count). The summed E-state index contributed by atoms with van der Waals surface area (Å²) in [5.74, 6) is -0.506. The molecule has 1 unspecified atom stereocenters. The fourth-order valence-corrected chi connectivity index (χ4v) is 3.95. The molecule has 2 N–H and O–H groups in total. The molecule has 2 heterocycles. The van der Waals surface area contributed by atoms with Crippen LogP contribution in [0.5, 0.6) is 5.88 Å². The molecule has 30 heavy (non-hydrogen) atoms. The molecule has 0 spiro atoms. The van der Waals surface area contributed by atoms with Crippen molar-refractivity contribution in [1.82, 2.24) is 14.0 Å². The average Bonchev–Trinajstić information content (AvgIpc) is 3.03. The van der Waals surface area contributed by atoms with Crippen LogP contribution in [-0.4, -0.2) is 31.5 Å². The van der Waals surface area contributed by atoms with E-state index >= 15 is 0 Å². The van der Waals surface area contributed by atoms with Crippen LogP contribution in [0.25, 0.3) is 0 Å². The SMILES string of the molecule is Cn1c(O)c(C2c3ccccc3C(=N)N2CCc2ccc(F)cc2)c(=O)n(C)c1=O. The number of nitrogens with zero attached hydrogens (tertiary/aromatic N) is 3. The van der Waals surface area contributed by atoms with Gasteiger partial charge in [0.2, 0.25) is 5.88 Å². The molecule has 3 aromatic rings. The molecule has 2 aromatic carbocycles. The number of aromatic hydroxyl groups is 1. The highest BCUT2D eigenvalue weighted by Crippen LogP contribution is 2.39. The van der Waals surface area contributed by atoms with Gasteiger partial charge in [-0.1, -0.05) is 36.4 Å². The van der Waals surface area contributed by atoms with Gasteiger partial charge in [-0.05, 0) is 29.7 Å². The Morgan fingerprint density at radius 2 is 1.70 bits per heavy atom. The molecule has 1 aliphatic rings. The molecular formula is C22H21FN4O3. The largest absolute Gasteiger partial charge is 0.494 e. The Morgan fingerprint density at radius 1 is 1.03 bits per heavy atom. The Balaban J connectivity index is 1.83. The van der Waals surface area contributed by atoms with E-state index in [1.165, 1.54) is 26.2 Å². The summed E-state index contributed by atoms with van der Waals surface area (Å²) in [5.41, 5.74) is 1.09. The zero-order valence-corrected chi connectivity index (χ0v) is 16.6. The van der Waals surface area contributed by atoms with Crippen molar-refractivity contribution < 1.29 is 9.50 Å². The van der Waals surface area contributed by atoms with E-state index in [0.717, 1.165) is 14.7 Å². The Morgan fingerprint density at radius 3 is 2.40 bits per heavy atom. The molecular weight excluding hydrogens is 387 g/mol. The van der Waals surface area contributed by atoms with Crippen molar-refractivity contribution in [2.45, 2.75) is 12.5 Å². The molecule has 0 amide bonds. The standard InChI is InChI=1S/C22H21FN4O3/c1-25-20(28)17(21(29)26(2)22(25)30)18-15-5-3-4-6-16(15)19(24)27(18)12-11-13-7-9-14(23)10-8-13/h3-10,18,24,28H,11-12H2,1-2H3. The van der Waals surface area contributed by atoms with Crippen LogP contribution in [-0.2, 0) is 20.5 Å². The van der Waals surface area contributed by atoms with Crippen LogP contribution < -0.4 is 11.2 Å². The number of amidine groups is 1. The van der Waals surface area contributed by atoms with Gasteiger partial charge in [0.05, 0.1) is 6.04 Å². The quantitative estimate of drug-likeness (QED) is 0.690. The second-order valence-electron chi connectivity index (χ2n) is 7.35. The summed E-state index contributed by atoms with van der Waals surface area (Å²) < 4.78 is 15.2. The van der Waals surface area contributed by atoms with Crippen LogP contribution in [0.15, 0.2) is 58.1 Å². The lowest BCUT2D eigenvalue weighted by Gasteiger charge is -2.28. The second-order valence-corrected chi connectivity index (χ2v) is 7.35. The molecule has 7 nitrogen and oxygen atoms in total. The van der Waals surface area contributed by atoms with E-state index in [0.29, 0.717) is 24.1 Å². The third kappa shape index (κ3) is 3.01. The zero-order valence-electron chi connectivity index (χ0n) is 16.6. The first kappa shape index (κ1) is 19.6. The number of benzene rings is 2. The van der Waals surface area contributed by atoms with Gasteiger partial charge in [-0.3, -0.25) is 19.3 Å². The second kappa shape index (κ2) is 7.29. The highest BCUT2D eigenvalue weighted by Gasteiger charge is 2.39. The van der Waals surface area contributed by atoms with E-state index in [2.05, 4.69) is 0 Å². The molecule has 0 saturated carbocycles. The zero-order chi connectivity index (χ0) is 21.6. The van der Waals surface area contributed by atoms with Gasteiger partial charge in [0.1, 0.15) is 17.2 Å². The van der Waals surface area contributed by atoms with E-state index in [1.807, 2.05) is 18.2 Å². The average molecular weight is 408 g/mol. The molecule has 0 radical (unpaired) electrons. The van der Waals surface area contributed by atoms with E-state index in [4.69, 9.17) is 5.41 Å². The highest BCUT2D eigenvalue weighted by molar-refractivity contribution is 6.01. The molecule has 0 saturated heterocycles. The first-order chi connectivity index (χ1) is 14.3. The van der Waals surface area contributed by atoms with Crippen LogP contribution in [0.3, 0.4) is 0 Å². The van der Waals surface area contributed by atoms with Crippen molar-refractivity contribution in [3.8, 4) is 5.88 Å². The number of hydrogen-bond donors (Lipinski definition) is 2. The minimum atomic E-state index is -0.709. The lowest BCUT2D eigenvalue weighted by molar-refractivity contribution is 0.340. The predicted octanol–water partition coefficient (Wildman–Crippen LogP) is 1.90. The first-order valence-corrected chi connectivity index (χ1v) is 9.49. The predicted molar refractivity (Wildman–Crippen MR) is 111 cm³/mol. The van der Waals surface area contributed by atoms with Gasteiger partial charge in [-0.25, -0.2) is 9.18 Å². The summed E-state index contributed by atoms with van der Waals surface area (Å²) in [4.78, 5) is 26.9. The summed E-state index contributed by atoms with van der Waals surface area (Å²) in [5, 5.41) is 19.4. The van der Waals surface area contributed by atoms with E-state index in [9.17, 15) is 19.1 Å². The fourth-order valence-electron chi connectivity index (χ4n) is 3.95. The van der Waals surface area contributed by atoms with E-state index in [1.54, 1.807) is 23.1 Å². The first-order valence-electron chi connectivity index (χ1n) is 9.49. The summed E-state index contributed by atoms with van der Waals surface area (Å²) >= 11 is 0. The summed E-state index contributed by atoms with van der Waals surface area (Å²) in [6, 6.07) is 12.7. The molecule has 0 bridgehead atoms. The molecule has 1 atom stereocenters. The van der Waals surface area contributed by atoms with Crippen molar-refractivity contribution in [3.05, 3.63) is 97.4 Å². The topological polar surface area (TPSA) is 91.3 Å². The number of fused-ring (bicyclic) bond motifs is 1. The molecule has 0 aliphatic carbocycles. The molecule has 1 aliphatic heterocycles. The Bertz CT molecular complexity index is 1260. The number of hydrogen-bond acceptors (Lipinski definition) is 4. The van der Waals surface area contributed by atoms with Crippen LogP contribution in [0.4, 0.5) is 4.39 Å². The van der Waals surface area contributed by atoms with Gasteiger partial charge in [0.15, 0.2) is 0 Å².